The third kappa shape index (κ3) is 3.79. The van der Waals surface area contributed by atoms with E-state index in [1.807, 2.05) is 6.07 Å². The lowest BCUT2D eigenvalue weighted by molar-refractivity contribution is -0.385. The van der Waals surface area contributed by atoms with Gasteiger partial charge in [-0.05, 0) is 6.07 Å². The molecule has 0 saturated carbocycles. The molecular weight excluding hydrogens is 338 g/mol. The van der Waals surface area contributed by atoms with Crippen molar-refractivity contribution < 1.29 is 9.66 Å². The van der Waals surface area contributed by atoms with E-state index in [2.05, 4.69) is 15.9 Å². The Labute approximate surface area is 129 Å². The maximum Gasteiger partial charge on any atom is 0.274 e. The first-order chi connectivity index (χ1) is 9.97. The lowest BCUT2D eigenvalue weighted by Gasteiger charge is -2.10. The lowest BCUT2D eigenvalue weighted by atomic mass is 10.1. The van der Waals surface area contributed by atoms with Crippen molar-refractivity contribution in [3.05, 3.63) is 68.2 Å². The van der Waals surface area contributed by atoms with E-state index in [4.69, 9.17) is 15.9 Å². The van der Waals surface area contributed by atoms with Gasteiger partial charge < -0.3 is 10.5 Å². The van der Waals surface area contributed by atoms with E-state index in [1.165, 1.54) is 12.1 Å². The monoisotopic (exact) mass is 349 g/mol. The van der Waals surface area contributed by atoms with Crippen molar-refractivity contribution in [1.82, 2.24) is 0 Å². The fourth-order valence-corrected chi connectivity index (χ4v) is 2.27. The number of ether oxygens (including phenoxy) is 1. The predicted octanol–water partition coefficient (Wildman–Crippen LogP) is 3.22. The number of hydrogen-bond acceptors (Lipinski definition) is 4. The molecule has 0 heterocycles. The van der Waals surface area contributed by atoms with Gasteiger partial charge in [0.2, 0.25) is 0 Å². The zero-order chi connectivity index (χ0) is 15.4. The van der Waals surface area contributed by atoms with Crippen LogP contribution in [0.15, 0.2) is 46.9 Å². The van der Waals surface area contributed by atoms with E-state index in [0.717, 1.165) is 5.56 Å². The summed E-state index contributed by atoms with van der Waals surface area (Å²) in [4.78, 5) is 10.3. The van der Waals surface area contributed by atoms with Crippen LogP contribution in [-0.2, 0) is 6.61 Å². The summed E-state index contributed by atoms with van der Waals surface area (Å²) in [5.41, 5.74) is 6.77. The van der Waals surface area contributed by atoms with Crippen LogP contribution in [0.1, 0.15) is 11.1 Å². The number of hydrogen-bond donors (Lipinski definition) is 2. The molecule has 0 spiro atoms. The Morgan fingerprint density at radius 1 is 1.33 bits per heavy atom. The summed E-state index contributed by atoms with van der Waals surface area (Å²) in [5, 5.41) is 18.3. The molecule has 0 fully saturated rings. The molecule has 0 saturated heterocycles. The number of nitro groups is 1. The van der Waals surface area contributed by atoms with Gasteiger partial charge in [0, 0.05) is 21.7 Å². The van der Waals surface area contributed by atoms with E-state index in [9.17, 15) is 10.1 Å². The molecule has 108 valence electrons. The van der Waals surface area contributed by atoms with Gasteiger partial charge in [0.15, 0.2) is 0 Å². The summed E-state index contributed by atoms with van der Waals surface area (Å²) in [7, 11) is 0. The first kappa shape index (κ1) is 15.0. The van der Waals surface area contributed by atoms with Gasteiger partial charge in [-0.15, -0.1) is 0 Å². The molecule has 0 atom stereocenters. The van der Waals surface area contributed by atoms with Gasteiger partial charge in [-0.1, -0.05) is 40.2 Å². The Bertz CT molecular complexity index is 704. The Kier molecular flexibility index (Phi) is 4.54. The van der Waals surface area contributed by atoms with Gasteiger partial charge in [0.1, 0.15) is 18.2 Å². The number of nitrogens with two attached hydrogens (primary N) is 1. The van der Waals surface area contributed by atoms with Crippen LogP contribution >= 0.6 is 15.9 Å². The molecule has 0 unspecified atom stereocenters. The molecule has 6 nitrogen and oxygen atoms in total. The van der Waals surface area contributed by atoms with E-state index in [1.54, 1.807) is 24.3 Å². The van der Waals surface area contributed by atoms with Crippen LogP contribution in [0.3, 0.4) is 0 Å². The topological polar surface area (TPSA) is 102 Å². The van der Waals surface area contributed by atoms with Crippen molar-refractivity contribution in [1.29, 1.82) is 5.41 Å². The third-order valence-electron chi connectivity index (χ3n) is 2.77. The number of benzene rings is 2. The quantitative estimate of drug-likeness (QED) is 0.374. The maximum atomic E-state index is 10.8. The second-order valence-corrected chi connectivity index (χ2v) is 5.18. The standard InChI is InChI=1S/C14H12BrN3O3/c15-10-5-11(18(19)20)7-12(6-10)21-8-9-3-1-2-4-13(9)14(16)17/h1-7H,8H2,(H3,16,17). The van der Waals surface area contributed by atoms with Crippen molar-refractivity contribution in [2.45, 2.75) is 6.61 Å². The van der Waals surface area contributed by atoms with E-state index >= 15 is 0 Å². The average molecular weight is 350 g/mol. The Balaban J connectivity index is 2.21. The fraction of sp³-hybridized carbons (Fsp3) is 0.0714. The minimum atomic E-state index is -0.485. The number of halogens is 1. The van der Waals surface area contributed by atoms with Crippen molar-refractivity contribution in [2.75, 3.05) is 0 Å². The van der Waals surface area contributed by atoms with Crippen molar-refractivity contribution in [3.8, 4) is 5.75 Å². The van der Waals surface area contributed by atoms with E-state index < -0.39 is 4.92 Å². The highest BCUT2D eigenvalue weighted by Gasteiger charge is 2.11. The molecule has 0 aromatic heterocycles. The number of nitrogen functional groups attached to an aromatic ring is 1. The van der Waals surface area contributed by atoms with Gasteiger partial charge in [-0.2, -0.15) is 0 Å². The maximum absolute atomic E-state index is 10.8. The van der Waals surface area contributed by atoms with Crippen LogP contribution in [0.4, 0.5) is 5.69 Å². The van der Waals surface area contributed by atoms with E-state index in [0.29, 0.717) is 15.8 Å². The molecule has 3 N–H and O–H groups in total. The number of amidine groups is 1. The summed E-state index contributed by atoms with van der Waals surface area (Å²) in [6.45, 7) is 0.170. The summed E-state index contributed by atoms with van der Waals surface area (Å²) >= 11 is 3.21. The first-order valence-electron chi connectivity index (χ1n) is 5.97. The predicted molar refractivity (Wildman–Crippen MR) is 82.6 cm³/mol. The van der Waals surface area contributed by atoms with Gasteiger partial charge in [0.25, 0.3) is 5.69 Å². The van der Waals surface area contributed by atoms with Crippen molar-refractivity contribution in [3.63, 3.8) is 0 Å². The highest BCUT2D eigenvalue weighted by Crippen LogP contribution is 2.27. The zero-order valence-electron chi connectivity index (χ0n) is 10.9. The summed E-state index contributed by atoms with van der Waals surface area (Å²) < 4.78 is 6.13. The molecule has 0 aliphatic heterocycles. The number of non-ortho nitro benzene ring substituents is 1. The Morgan fingerprint density at radius 2 is 2.05 bits per heavy atom. The molecule has 0 bridgehead atoms. The van der Waals surface area contributed by atoms with Crippen molar-refractivity contribution in [2.24, 2.45) is 5.73 Å². The zero-order valence-corrected chi connectivity index (χ0v) is 12.5. The van der Waals surface area contributed by atoms with E-state index in [-0.39, 0.29) is 18.1 Å². The summed E-state index contributed by atoms with van der Waals surface area (Å²) in [6, 6.07) is 11.5. The van der Waals surface area contributed by atoms with Crippen LogP contribution < -0.4 is 10.5 Å². The normalized spacial score (nSPS) is 10.1. The minimum absolute atomic E-state index is 0.0468. The second-order valence-electron chi connectivity index (χ2n) is 4.26. The molecule has 2 aromatic rings. The van der Waals surface area contributed by atoms with Crippen LogP contribution in [0.25, 0.3) is 0 Å². The number of nitrogens with one attached hydrogen (secondary N) is 1. The Morgan fingerprint density at radius 3 is 2.71 bits per heavy atom. The highest BCUT2D eigenvalue weighted by molar-refractivity contribution is 9.10. The summed E-state index contributed by atoms with van der Waals surface area (Å²) in [5.74, 6) is 0.323. The third-order valence-corrected chi connectivity index (χ3v) is 3.23. The van der Waals surface area contributed by atoms with Gasteiger partial charge in [-0.25, -0.2) is 0 Å². The van der Waals surface area contributed by atoms with Crippen LogP contribution in [-0.4, -0.2) is 10.8 Å². The SMILES string of the molecule is N=C(N)c1ccccc1COc1cc(Br)cc([N+](=O)[O-])c1. The minimum Gasteiger partial charge on any atom is -0.489 e. The van der Waals surface area contributed by atoms with Gasteiger partial charge >= 0.3 is 0 Å². The first-order valence-corrected chi connectivity index (χ1v) is 6.77. The number of nitrogens with zero attached hydrogens (tertiary/aromatic N) is 1. The molecule has 0 aliphatic rings. The second kappa shape index (κ2) is 6.36. The molecule has 0 aliphatic carbocycles. The fourth-order valence-electron chi connectivity index (χ4n) is 1.81. The molecular formula is C14H12BrN3O3. The van der Waals surface area contributed by atoms with Crippen LogP contribution in [0.2, 0.25) is 0 Å². The Hall–Kier alpha value is -2.41. The van der Waals surface area contributed by atoms with Crippen LogP contribution in [0, 0.1) is 15.5 Å². The number of rotatable bonds is 5. The van der Waals surface area contributed by atoms with Gasteiger partial charge in [-0.3, -0.25) is 15.5 Å². The number of nitro benzene ring substituents is 1. The molecule has 0 amide bonds. The molecule has 0 radical (unpaired) electrons. The average Bonchev–Trinajstić information content (AvgIpc) is 2.44. The van der Waals surface area contributed by atoms with Gasteiger partial charge in [0.05, 0.1) is 11.0 Å². The molecule has 7 heteroatoms. The molecule has 21 heavy (non-hydrogen) atoms. The molecule has 2 rings (SSSR count). The molecule has 2 aromatic carbocycles. The largest absolute Gasteiger partial charge is 0.489 e. The van der Waals surface area contributed by atoms with Crippen molar-refractivity contribution >= 4 is 27.5 Å². The van der Waals surface area contributed by atoms with Crippen LogP contribution in [0.5, 0.6) is 5.75 Å². The highest BCUT2D eigenvalue weighted by atomic mass is 79.9. The smallest absolute Gasteiger partial charge is 0.274 e. The summed E-state index contributed by atoms with van der Waals surface area (Å²) in [6.07, 6.45) is 0. The lowest BCUT2D eigenvalue weighted by Crippen LogP contribution is -2.14.